The Hall–Kier alpha value is -3.71. The second-order valence-corrected chi connectivity index (χ2v) is 16.4. The van der Waals surface area contributed by atoms with E-state index < -0.39 is 18.0 Å². The normalized spacial score (nSPS) is 12.1. The molecule has 0 unspecified atom stereocenters. The van der Waals surface area contributed by atoms with Crippen LogP contribution in [0, 0.1) is 0 Å². The molecule has 0 bridgehead atoms. The molecule has 0 aromatic heterocycles. The monoisotopic (exact) mass is 916 g/mol. The highest BCUT2D eigenvalue weighted by Crippen LogP contribution is 2.14. The van der Waals surface area contributed by atoms with Gasteiger partial charge < -0.3 is 55.7 Å². The summed E-state index contributed by atoms with van der Waals surface area (Å²) in [6.45, 7) is 8.00. The molecule has 7 N–H and O–H groups in total. The van der Waals surface area contributed by atoms with Crippen LogP contribution >= 0.6 is 0 Å². The second-order valence-electron chi connectivity index (χ2n) is 16.4. The highest BCUT2D eigenvalue weighted by atomic mass is 16.5. The summed E-state index contributed by atoms with van der Waals surface area (Å²) >= 11 is 0. The second kappa shape index (κ2) is 43.2. The van der Waals surface area contributed by atoms with E-state index in [1.807, 2.05) is 20.8 Å². The first-order chi connectivity index (χ1) is 30.8. The maximum Gasteiger partial charge on any atom is 0.326 e. The van der Waals surface area contributed by atoms with Crippen molar-refractivity contribution in [2.45, 2.75) is 180 Å². The SMILES string of the molecule is CCC(=O)[C@H](CCCCNC(=O)COCCOCCNC(=O)COCCOCCNC(=O)CC[C@@H](NC(=O)CCCCCCCCCCCCCCCCC(=O)O)C(=O)O)NC(C)C. The molecule has 0 saturated heterocycles. The lowest BCUT2D eigenvalue weighted by Crippen LogP contribution is -2.41. The molecule has 0 aliphatic heterocycles. The summed E-state index contributed by atoms with van der Waals surface area (Å²) in [6, 6.07) is -1.05. The van der Waals surface area contributed by atoms with Gasteiger partial charge in [-0.1, -0.05) is 97.8 Å². The van der Waals surface area contributed by atoms with Crippen molar-refractivity contribution in [3.05, 3.63) is 0 Å². The summed E-state index contributed by atoms with van der Waals surface area (Å²) in [5, 5.41) is 32.2. The third-order valence-corrected chi connectivity index (χ3v) is 10.2. The summed E-state index contributed by atoms with van der Waals surface area (Å²) < 4.78 is 21.4. The van der Waals surface area contributed by atoms with Crippen molar-refractivity contribution in [3.63, 3.8) is 0 Å². The van der Waals surface area contributed by atoms with Gasteiger partial charge in [-0.2, -0.15) is 0 Å². The molecule has 18 nitrogen and oxygen atoms in total. The number of rotatable bonds is 47. The number of aliphatic carboxylic acids is 2. The average Bonchev–Trinajstić information content (AvgIpc) is 3.25. The first kappa shape index (κ1) is 60.3. The van der Waals surface area contributed by atoms with E-state index in [1.165, 1.54) is 44.9 Å². The fraction of sp³-hybridized carbons (Fsp3) is 0.848. The number of ketones is 1. The topological polar surface area (TPSA) is 257 Å². The van der Waals surface area contributed by atoms with Crippen LogP contribution in [-0.2, 0) is 52.5 Å². The fourth-order valence-corrected chi connectivity index (χ4v) is 6.65. The van der Waals surface area contributed by atoms with Gasteiger partial charge in [0.25, 0.3) is 0 Å². The molecular formula is C46H85N5O13. The van der Waals surface area contributed by atoms with Gasteiger partial charge in [-0.3, -0.25) is 28.8 Å². The summed E-state index contributed by atoms with van der Waals surface area (Å²) in [7, 11) is 0. The minimum absolute atomic E-state index is 0.0261. The Bertz CT molecular complexity index is 1260. The molecule has 0 aliphatic carbocycles. The van der Waals surface area contributed by atoms with E-state index in [2.05, 4.69) is 26.6 Å². The van der Waals surface area contributed by atoms with Crippen LogP contribution in [0.25, 0.3) is 0 Å². The summed E-state index contributed by atoms with van der Waals surface area (Å²) in [4.78, 5) is 82.7. The Morgan fingerprint density at radius 1 is 0.453 bits per heavy atom. The number of ether oxygens (including phenoxy) is 4. The lowest BCUT2D eigenvalue weighted by atomic mass is 10.0. The third kappa shape index (κ3) is 41.0. The van der Waals surface area contributed by atoms with Gasteiger partial charge in [-0.15, -0.1) is 0 Å². The molecule has 0 rings (SSSR count). The summed E-state index contributed by atoms with van der Waals surface area (Å²) in [5.74, 6) is -2.91. The van der Waals surface area contributed by atoms with Crippen molar-refractivity contribution in [2.24, 2.45) is 0 Å². The Kier molecular flexibility index (Phi) is 40.7. The highest BCUT2D eigenvalue weighted by molar-refractivity contribution is 5.84. The number of nitrogens with one attached hydrogen (secondary N) is 5. The van der Waals surface area contributed by atoms with E-state index in [4.69, 9.17) is 24.1 Å². The average molecular weight is 916 g/mol. The lowest BCUT2D eigenvalue weighted by molar-refractivity contribution is -0.142. The number of carbonyl (C=O) groups excluding carboxylic acids is 5. The van der Waals surface area contributed by atoms with E-state index in [9.17, 15) is 38.7 Å². The van der Waals surface area contributed by atoms with Crippen LogP contribution in [0.5, 0.6) is 0 Å². The van der Waals surface area contributed by atoms with Gasteiger partial charge >= 0.3 is 11.9 Å². The molecular weight excluding hydrogens is 831 g/mol. The molecule has 2 atom stereocenters. The number of unbranched alkanes of at least 4 members (excludes halogenated alkanes) is 14. The molecule has 0 heterocycles. The first-order valence-electron chi connectivity index (χ1n) is 24.0. The Morgan fingerprint density at radius 2 is 0.906 bits per heavy atom. The van der Waals surface area contributed by atoms with Crippen molar-refractivity contribution in [1.29, 1.82) is 0 Å². The summed E-state index contributed by atoms with van der Waals surface area (Å²) in [5.41, 5.74) is 0. The van der Waals surface area contributed by atoms with Gasteiger partial charge in [-0.05, 0) is 38.5 Å². The zero-order chi connectivity index (χ0) is 47.5. The van der Waals surface area contributed by atoms with E-state index in [-0.39, 0.29) is 133 Å². The molecule has 64 heavy (non-hydrogen) atoms. The zero-order valence-electron chi connectivity index (χ0n) is 39.5. The quantitative estimate of drug-likeness (QED) is 0.0413. The smallest absolute Gasteiger partial charge is 0.326 e. The Labute approximate surface area is 382 Å². The van der Waals surface area contributed by atoms with Crippen LogP contribution in [0.15, 0.2) is 0 Å². The number of carboxylic acids is 2. The molecule has 0 aliphatic rings. The molecule has 0 fully saturated rings. The molecule has 0 spiro atoms. The van der Waals surface area contributed by atoms with Crippen LogP contribution in [0.4, 0.5) is 0 Å². The van der Waals surface area contributed by atoms with E-state index in [0.717, 1.165) is 57.8 Å². The minimum Gasteiger partial charge on any atom is -0.481 e. The number of amides is 4. The highest BCUT2D eigenvalue weighted by Gasteiger charge is 2.21. The first-order valence-corrected chi connectivity index (χ1v) is 24.0. The number of carboxylic acid groups (broad SMARTS) is 2. The van der Waals surface area contributed by atoms with Gasteiger partial charge in [-0.25, -0.2) is 4.79 Å². The van der Waals surface area contributed by atoms with Crippen molar-refractivity contribution in [3.8, 4) is 0 Å². The van der Waals surface area contributed by atoms with Crippen LogP contribution in [0.2, 0.25) is 0 Å². The third-order valence-electron chi connectivity index (χ3n) is 10.2. The molecule has 0 aromatic rings. The molecule has 372 valence electrons. The van der Waals surface area contributed by atoms with E-state index in [1.54, 1.807) is 0 Å². The summed E-state index contributed by atoms with van der Waals surface area (Å²) in [6.07, 6.45) is 18.3. The van der Waals surface area contributed by atoms with Crippen LogP contribution in [0.3, 0.4) is 0 Å². The maximum atomic E-state index is 12.3. The number of hydrogen-bond acceptors (Lipinski definition) is 12. The predicted molar refractivity (Wildman–Crippen MR) is 244 cm³/mol. The number of carbonyl (C=O) groups is 7. The van der Waals surface area contributed by atoms with Gasteiger partial charge in [0.15, 0.2) is 0 Å². The van der Waals surface area contributed by atoms with Crippen LogP contribution in [-0.4, -0.2) is 142 Å². The molecule has 0 saturated carbocycles. The molecule has 4 amide bonds. The van der Waals surface area contributed by atoms with E-state index >= 15 is 0 Å². The van der Waals surface area contributed by atoms with Crippen molar-refractivity contribution in [1.82, 2.24) is 26.6 Å². The molecule has 0 aromatic carbocycles. The minimum atomic E-state index is -1.18. The van der Waals surface area contributed by atoms with Gasteiger partial charge in [0.05, 0.1) is 45.7 Å². The van der Waals surface area contributed by atoms with Gasteiger partial charge in [0.1, 0.15) is 25.0 Å². The van der Waals surface area contributed by atoms with Crippen LogP contribution in [0.1, 0.15) is 162 Å². The molecule has 18 heteroatoms. The Balaban J connectivity index is 3.69. The van der Waals surface area contributed by atoms with Crippen molar-refractivity contribution >= 4 is 41.4 Å². The van der Waals surface area contributed by atoms with Crippen molar-refractivity contribution in [2.75, 3.05) is 72.5 Å². The van der Waals surface area contributed by atoms with E-state index in [0.29, 0.717) is 19.4 Å². The fourth-order valence-electron chi connectivity index (χ4n) is 6.65. The Morgan fingerprint density at radius 3 is 1.38 bits per heavy atom. The van der Waals surface area contributed by atoms with Gasteiger partial charge in [0, 0.05) is 51.4 Å². The standard InChI is InChI=1S/C46H85N5O13/c1-4-40(52)38(50-37(2)3)21-19-20-26-47-43(55)35-63-33-32-62-30-28-49-44(56)36-64-34-31-61-29-27-48-41(53)25-24-39(46(59)60)51-42(54)22-17-15-13-11-9-7-5-6-8-10-12-14-16-18-23-45(57)58/h37-39,50H,4-36H2,1-3H3,(H,47,55)(H,48,53)(H,49,56)(H,51,54)(H,57,58)(H,59,60)/t38-,39+/m0/s1. The molecule has 0 radical (unpaired) electrons. The van der Waals surface area contributed by atoms with Gasteiger partial charge in [0.2, 0.25) is 23.6 Å². The predicted octanol–water partition coefficient (Wildman–Crippen LogP) is 4.59. The van der Waals surface area contributed by atoms with Crippen molar-refractivity contribution < 1.29 is 62.7 Å². The number of Topliss-reactive ketones (excluding diaryl/α,β-unsaturated/α-hetero) is 1. The lowest BCUT2D eigenvalue weighted by Gasteiger charge is -2.19. The zero-order valence-corrected chi connectivity index (χ0v) is 39.5. The van der Waals surface area contributed by atoms with Crippen LogP contribution < -0.4 is 26.6 Å². The maximum absolute atomic E-state index is 12.3. The number of hydrogen-bond donors (Lipinski definition) is 7. The largest absolute Gasteiger partial charge is 0.481 e.